The molecule has 0 spiro atoms. The molecule has 2 aromatic heterocycles. The number of carbonyl (C=O) groups excluding carboxylic acids is 1. The van der Waals surface area contributed by atoms with Crippen molar-refractivity contribution in [2.45, 2.75) is 31.8 Å². The molecular weight excluding hydrogens is 372 g/mol. The molecule has 1 N–H and O–H groups in total. The van der Waals surface area contributed by atoms with Crippen LogP contribution in [0, 0.1) is 0 Å². The van der Waals surface area contributed by atoms with Gasteiger partial charge in [0, 0.05) is 30.4 Å². The first kappa shape index (κ1) is 17.7. The summed E-state index contributed by atoms with van der Waals surface area (Å²) in [6.07, 6.45) is 4.02. The van der Waals surface area contributed by atoms with Crippen LogP contribution in [0.1, 0.15) is 35.9 Å². The van der Waals surface area contributed by atoms with Crippen LogP contribution < -0.4 is 14.8 Å². The van der Waals surface area contributed by atoms with E-state index in [4.69, 9.17) is 13.9 Å². The number of benzene rings is 1. The van der Waals surface area contributed by atoms with Crippen LogP contribution in [0.25, 0.3) is 0 Å². The minimum atomic E-state index is -0.237. The molecule has 0 atom stereocenters. The Bertz CT molecular complexity index is 1020. The Morgan fingerprint density at radius 1 is 1.21 bits per heavy atom. The van der Waals surface area contributed by atoms with Crippen molar-refractivity contribution < 1.29 is 18.7 Å². The Balaban J connectivity index is 1.34. The number of nitrogens with one attached hydrogen (secondary N) is 1. The monoisotopic (exact) mass is 394 g/mol. The Labute approximate surface area is 168 Å². The number of furan rings is 1. The van der Waals surface area contributed by atoms with Crippen LogP contribution in [0.3, 0.4) is 0 Å². The maximum atomic E-state index is 13.0. The number of hydrogen-bond donors (Lipinski definition) is 1. The summed E-state index contributed by atoms with van der Waals surface area (Å²) < 4.78 is 18.1. The lowest BCUT2D eigenvalue weighted by molar-refractivity contribution is 0.174. The molecule has 1 fully saturated rings. The molecule has 0 radical (unpaired) electrons. The van der Waals surface area contributed by atoms with E-state index in [2.05, 4.69) is 16.5 Å². The van der Waals surface area contributed by atoms with Gasteiger partial charge < -0.3 is 24.1 Å². The van der Waals surface area contributed by atoms with E-state index in [9.17, 15) is 4.79 Å². The first-order chi connectivity index (χ1) is 14.2. The summed E-state index contributed by atoms with van der Waals surface area (Å²) in [5.74, 6) is 2.61. The molecule has 8 heteroatoms. The number of urea groups is 1. The number of rotatable bonds is 6. The molecule has 29 heavy (non-hydrogen) atoms. The number of carbonyl (C=O) groups is 1. The van der Waals surface area contributed by atoms with E-state index in [-0.39, 0.29) is 12.8 Å². The van der Waals surface area contributed by atoms with Gasteiger partial charge in [-0.25, -0.2) is 4.79 Å². The van der Waals surface area contributed by atoms with Gasteiger partial charge in [-0.2, -0.15) is 5.10 Å². The summed E-state index contributed by atoms with van der Waals surface area (Å²) in [7, 11) is 1.96. The van der Waals surface area contributed by atoms with Gasteiger partial charge in [0.1, 0.15) is 5.76 Å². The number of amides is 2. The maximum absolute atomic E-state index is 13.0. The lowest BCUT2D eigenvalue weighted by Gasteiger charge is -2.21. The fourth-order valence-corrected chi connectivity index (χ4v) is 3.54. The second kappa shape index (κ2) is 7.20. The SMILES string of the molecule is Cn1nc(CN(Cc2ccco2)C(=O)Nc2ccc3c(c2)OCO3)cc1C1CC1. The van der Waals surface area contributed by atoms with Gasteiger partial charge in [0.05, 0.1) is 25.0 Å². The minimum absolute atomic E-state index is 0.195. The van der Waals surface area contributed by atoms with Gasteiger partial charge in [0.15, 0.2) is 11.5 Å². The summed E-state index contributed by atoms with van der Waals surface area (Å²) in [6.45, 7) is 0.927. The van der Waals surface area contributed by atoms with Gasteiger partial charge in [-0.3, -0.25) is 4.68 Å². The Hall–Kier alpha value is -3.42. The first-order valence-corrected chi connectivity index (χ1v) is 9.66. The van der Waals surface area contributed by atoms with Crippen molar-refractivity contribution in [3.8, 4) is 11.5 Å². The molecule has 3 heterocycles. The Morgan fingerprint density at radius 3 is 2.86 bits per heavy atom. The summed E-state index contributed by atoms with van der Waals surface area (Å²) in [6, 6.07) is 10.9. The predicted molar refractivity (Wildman–Crippen MR) is 105 cm³/mol. The quantitative estimate of drug-likeness (QED) is 0.687. The van der Waals surface area contributed by atoms with E-state index >= 15 is 0 Å². The van der Waals surface area contributed by atoms with Gasteiger partial charge in [-0.05, 0) is 43.2 Å². The predicted octanol–water partition coefficient (Wildman–Crippen LogP) is 3.85. The van der Waals surface area contributed by atoms with E-state index in [0.29, 0.717) is 42.0 Å². The summed E-state index contributed by atoms with van der Waals surface area (Å²) in [4.78, 5) is 14.7. The molecule has 0 bridgehead atoms. The van der Waals surface area contributed by atoms with Gasteiger partial charge in [0.25, 0.3) is 0 Å². The second-order valence-electron chi connectivity index (χ2n) is 7.39. The van der Waals surface area contributed by atoms with E-state index < -0.39 is 0 Å². The molecule has 1 aromatic carbocycles. The maximum Gasteiger partial charge on any atom is 0.322 e. The molecule has 1 saturated carbocycles. The van der Waals surface area contributed by atoms with Crippen LogP contribution in [-0.4, -0.2) is 27.5 Å². The van der Waals surface area contributed by atoms with E-state index in [1.807, 2.05) is 23.9 Å². The van der Waals surface area contributed by atoms with Gasteiger partial charge >= 0.3 is 6.03 Å². The lowest BCUT2D eigenvalue weighted by Crippen LogP contribution is -2.34. The third-order valence-corrected chi connectivity index (χ3v) is 5.15. The number of hydrogen-bond acceptors (Lipinski definition) is 5. The Morgan fingerprint density at radius 2 is 2.07 bits per heavy atom. The van der Waals surface area contributed by atoms with Crippen LogP contribution in [0.2, 0.25) is 0 Å². The molecule has 2 amide bonds. The third kappa shape index (κ3) is 3.78. The highest BCUT2D eigenvalue weighted by atomic mass is 16.7. The number of fused-ring (bicyclic) bond motifs is 1. The number of anilines is 1. The summed E-state index contributed by atoms with van der Waals surface area (Å²) in [5.41, 5.74) is 2.74. The zero-order valence-electron chi connectivity index (χ0n) is 16.1. The fourth-order valence-electron chi connectivity index (χ4n) is 3.54. The topological polar surface area (TPSA) is 81.8 Å². The third-order valence-electron chi connectivity index (χ3n) is 5.15. The molecule has 5 rings (SSSR count). The highest BCUT2D eigenvalue weighted by Crippen LogP contribution is 2.40. The van der Waals surface area contributed by atoms with Crippen molar-refractivity contribution >= 4 is 11.7 Å². The molecule has 0 unspecified atom stereocenters. The van der Waals surface area contributed by atoms with Crippen LogP contribution in [0.5, 0.6) is 11.5 Å². The van der Waals surface area contributed by atoms with Crippen LogP contribution >= 0.6 is 0 Å². The summed E-state index contributed by atoms with van der Waals surface area (Å²) >= 11 is 0. The fraction of sp³-hybridized carbons (Fsp3) is 0.333. The molecule has 0 saturated heterocycles. The van der Waals surface area contributed by atoms with Gasteiger partial charge in [0.2, 0.25) is 6.79 Å². The van der Waals surface area contributed by atoms with Crippen molar-refractivity contribution in [3.05, 3.63) is 59.8 Å². The zero-order chi connectivity index (χ0) is 19.8. The molecule has 8 nitrogen and oxygen atoms in total. The minimum Gasteiger partial charge on any atom is -0.467 e. The highest BCUT2D eigenvalue weighted by Gasteiger charge is 2.28. The van der Waals surface area contributed by atoms with Crippen LogP contribution in [0.15, 0.2) is 47.1 Å². The van der Waals surface area contributed by atoms with Gasteiger partial charge in [-0.15, -0.1) is 0 Å². The lowest BCUT2D eigenvalue weighted by atomic mass is 10.2. The van der Waals surface area contributed by atoms with Crippen molar-refractivity contribution in [3.63, 3.8) is 0 Å². The molecule has 1 aliphatic heterocycles. The highest BCUT2D eigenvalue weighted by molar-refractivity contribution is 5.89. The van der Waals surface area contributed by atoms with Crippen molar-refractivity contribution in [2.75, 3.05) is 12.1 Å². The molecule has 1 aliphatic carbocycles. The van der Waals surface area contributed by atoms with Crippen molar-refractivity contribution in [1.29, 1.82) is 0 Å². The second-order valence-corrected chi connectivity index (χ2v) is 7.39. The van der Waals surface area contributed by atoms with Crippen LogP contribution in [-0.2, 0) is 20.1 Å². The van der Waals surface area contributed by atoms with E-state index in [1.54, 1.807) is 29.4 Å². The number of aryl methyl sites for hydroxylation is 1. The van der Waals surface area contributed by atoms with E-state index in [1.165, 1.54) is 18.5 Å². The molecule has 2 aliphatic rings. The number of nitrogens with zero attached hydrogens (tertiary/aromatic N) is 3. The average molecular weight is 394 g/mol. The largest absolute Gasteiger partial charge is 0.467 e. The molecule has 150 valence electrons. The van der Waals surface area contributed by atoms with Crippen molar-refractivity contribution in [2.24, 2.45) is 7.05 Å². The van der Waals surface area contributed by atoms with Crippen LogP contribution in [0.4, 0.5) is 10.5 Å². The van der Waals surface area contributed by atoms with Crippen molar-refractivity contribution in [1.82, 2.24) is 14.7 Å². The average Bonchev–Trinajstić information content (AvgIpc) is 3.07. The zero-order valence-corrected chi connectivity index (χ0v) is 16.1. The number of ether oxygens (including phenoxy) is 2. The van der Waals surface area contributed by atoms with E-state index in [0.717, 1.165) is 5.69 Å². The normalized spacial score (nSPS) is 14.8. The number of aromatic nitrogens is 2. The standard InChI is InChI=1S/C21H22N4O4/c1-24-18(14-4-5-14)9-16(23-24)11-25(12-17-3-2-8-27-17)21(26)22-15-6-7-19-20(10-15)29-13-28-19/h2-3,6-10,14H,4-5,11-13H2,1H3,(H,22,26). The summed E-state index contributed by atoms with van der Waals surface area (Å²) in [5, 5.41) is 7.54. The smallest absolute Gasteiger partial charge is 0.322 e. The van der Waals surface area contributed by atoms with Gasteiger partial charge in [-0.1, -0.05) is 0 Å². The first-order valence-electron chi connectivity index (χ1n) is 9.66. The Kier molecular flexibility index (Phi) is 4.38. The molecule has 3 aromatic rings. The molecular formula is C21H22N4O4.